The molecule has 0 aliphatic carbocycles. The molecule has 0 bridgehead atoms. The lowest BCUT2D eigenvalue weighted by atomic mass is 10.1. The molecule has 1 fully saturated rings. The molecule has 0 amide bonds. The van der Waals surface area contributed by atoms with Crippen molar-refractivity contribution in [1.82, 2.24) is 4.98 Å². The second kappa shape index (κ2) is 4.70. The number of hydrogen-bond donors (Lipinski definition) is 0. The van der Waals surface area contributed by atoms with Gasteiger partial charge >= 0.3 is 6.18 Å². The maximum Gasteiger partial charge on any atom is 0.433 e. The highest BCUT2D eigenvalue weighted by Gasteiger charge is 2.34. The van der Waals surface area contributed by atoms with Gasteiger partial charge in [-0.3, -0.25) is 4.98 Å². The minimum Gasteiger partial charge on any atom is -0.371 e. The molecule has 2 heterocycles. The van der Waals surface area contributed by atoms with Gasteiger partial charge in [0.05, 0.1) is 0 Å². The first-order chi connectivity index (χ1) is 8.38. The van der Waals surface area contributed by atoms with E-state index in [4.69, 9.17) is 0 Å². The average Bonchev–Trinajstić information content (AvgIpc) is 2.77. The van der Waals surface area contributed by atoms with Gasteiger partial charge in [-0.25, -0.2) is 8.78 Å². The zero-order valence-corrected chi connectivity index (χ0v) is 9.29. The van der Waals surface area contributed by atoms with Gasteiger partial charge in [0.25, 0.3) is 0 Å². The Bertz CT molecular complexity index is 418. The van der Waals surface area contributed by atoms with Crippen molar-refractivity contribution in [3.63, 3.8) is 0 Å². The predicted molar refractivity (Wildman–Crippen MR) is 55.6 cm³/mol. The summed E-state index contributed by atoms with van der Waals surface area (Å²) in [6.45, 7) is 0.426. The van der Waals surface area contributed by atoms with Crippen molar-refractivity contribution < 1.29 is 22.0 Å². The molecule has 0 saturated carbocycles. The maximum absolute atomic E-state index is 12.5. The minimum atomic E-state index is -4.52. The van der Waals surface area contributed by atoms with Gasteiger partial charge < -0.3 is 4.90 Å². The largest absolute Gasteiger partial charge is 0.433 e. The molecule has 1 aromatic rings. The van der Waals surface area contributed by atoms with Crippen molar-refractivity contribution in [2.75, 3.05) is 18.0 Å². The van der Waals surface area contributed by atoms with E-state index in [9.17, 15) is 22.0 Å². The zero-order chi connectivity index (χ0) is 13.3. The van der Waals surface area contributed by atoms with Crippen LogP contribution in [0.4, 0.5) is 27.6 Å². The fourth-order valence-corrected chi connectivity index (χ4v) is 2.00. The van der Waals surface area contributed by atoms with E-state index < -0.39 is 24.2 Å². The topological polar surface area (TPSA) is 16.1 Å². The van der Waals surface area contributed by atoms with Crippen LogP contribution in [-0.4, -0.2) is 24.5 Å². The Balaban J connectivity index is 2.15. The molecule has 1 aliphatic rings. The summed E-state index contributed by atoms with van der Waals surface area (Å²) in [6, 6.07) is 2.30. The smallest absolute Gasteiger partial charge is 0.371 e. The molecule has 0 aromatic carbocycles. The molecular weight excluding hydrogens is 255 g/mol. The highest BCUT2D eigenvalue weighted by molar-refractivity contribution is 5.48. The number of anilines is 1. The standard InChI is InChI=1S/C11H11F5N2/c12-10(13)7-2-4-18(6-7)8-1-3-17-9(5-8)11(14,15)16/h1,3,5,7,10H,2,4,6H2. The molecule has 0 radical (unpaired) electrons. The maximum atomic E-state index is 12.5. The number of halogens is 5. The Morgan fingerprint density at radius 3 is 2.61 bits per heavy atom. The molecule has 1 aromatic heterocycles. The van der Waals surface area contributed by atoms with Gasteiger partial charge in [-0.05, 0) is 18.6 Å². The summed E-state index contributed by atoms with van der Waals surface area (Å²) in [7, 11) is 0. The van der Waals surface area contributed by atoms with Crippen LogP contribution in [0.3, 0.4) is 0 Å². The third kappa shape index (κ3) is 2.70. The van der Waals surface area contributed by atoms with Crippen LogP contribution in [0.25, 0.3) is 0 Å². The molecule has 1 atom stereocenters. The molecule has 0 N–H and O–H groups in total. The van der Waals surface area contributed by atoms with E-state index in [-0.39, 0.29) is 6.54 Å². The van der Waals surface area contributed by atoms with Gasteiger partial charge in [-0.1, -0.05) is 0 Å². The molecule has 1 saturated heterocycles. The normalized spacial score (nSPS) is 20.8. The third-order valence-corrected chi connectivity index (χ3v) is 2.98. The second-order valence-corrected chi connectivity index (χ2v) is 4.23. The number of nitrogens with zero attached hydrogens (tertiary/aromatic N) is 2. The average molecular weight is 266 g/mol. The van der Waals surface area contributed by atoms with Crippen LogP contribution in [0.1, 0.15) is 12.1 Å². The van der Waals surface area contributed by atoms with Crippen LogP contribution >= 0.6 is 0 Å². The van der Waals surface area contributed by atoms with Crippen molar-refractivity contribution in [3.05, 3.63) is 24.0 Å². The van der Waals surface area contributed by atoms with Crippen LogP contribution in [0.15, 0.2) is 18.3 Å². The predicted octanol–water partition coefficient (Wildman–Crippen LogP) is 3.19. The van der Waals surface area contributed by atoms with Crippen molar-refractivity contribution in [2.45, 2.75) is 19.0 Å². The summed E-state index contributed by atoms with van der Waals surface area (Å²) in [5.74, 6) is -0.771. The molecule has 2 rings (SSSR count). The summed E-state index contributed by atoms with van der Waals surface area (Å²) in [5, 5.41) is 0. The van der Waals surface area contributed by atoms with E-state index in [1.807, 2.05) is 0 Å². The minimum absolute atomic E-state index is 0.0823. The number of rotatable bonds is 2. The summed E-state index contributed by atoms with van der Waals surface area (Å²) < 4.78 is 62.3. The molecule has 7 heteroatoms. The van der Waals surface area contributed by atoms with E-state index in [1.165, 1.54) is 11.0 Å². The first-order valence-electron chi connectivity index (χ1n) is 5.44. The van der Waals surface area contributed by atoms with Gasteiger partial charge in [-0.15, -0.1) is 0 Å². The fraction of sp³-hybridized carbons (Fsp3) is 0.545. The second-order valence-electron chi connectivity index (χ2n) is 4.23. The van der Waals surface area contributed by atoms with E-state index in [0.717, 1.165) is 12.3 Å². The molecule has 0 spiro atoms. The van der Waals surface area contributed by atoms with E-state index >= 15 is 0 Å². The first kappa shape index (κ1) is 13.0. The SMILES string of the molecule is FC(F)C1CCN(c2ccnc(C(F)(F)F)c2)C1. The van der Waals surface area contributed by atoms with Crippen LogP contribution < -0.4 is 4.90 Å². The summed E-state index contributed by atoms with van der Waals surface area (Å²) in [4.78, 5) is 4.77. The Kier molecular flexibility index (Phi) is 3.41. The van der Waals surface area contributed by atoms with Crippen molar-refractivity contribution in [1.29, 1.82) is 0 Å². The Morgan fingerprint density at radius 2 is 2.06 bits per heavy atom. The van der Waals surface area contributed by atoms with Crippen molar-refractivity contribution >= 4 is 5.69 Å². The van der Waals surface area contributed by atoms with Gasteiger partial charge in [0.15, 0.2) is 0 Å². The lowest BCUT2D eigenvalue weighted by Gasteiger charge is -2.19. The Morgan fingerprint density at radius 1 is 1.33 bits per heavy atom. The van der Waals surface area contributed by atoms with Crippen molar-refractivity contribution in [2.24, 2.45) is 5.92 Å². The highest BCUT2D eigenvalue weighted by atomic mass is 19.4. The molecule has 1 aliphatic heterocycles. The quantitative estimate of drug-likeness (QED) is 0.764. The molecule has 2 nitrogen and oxygen atoms in total. The number of pyridine rings is 1. The number of aromatic nitrogens is 1. The van der Waals surface area contributed by atoms with Crippen LogP contribution in [0.2, 0.25) is 0 Å². The fourth-order valence-electron chi connectivity index (χ4n) is 2.00. The van der Waals surface area contributed by atoms with E-state index in [1.54, 1.807) is 0 Å². The van der Waals surface area contributed by atoms with E-state index in [2.05, 4.69) is 4.98 Å². The van der Waals surface area contributed by atoms with E-state index in [0.29, 0.717) is 18.7 Å². The lowest BCUT2D eigenvalue weighted by Crippen LogP contribution is -2.22. The molecular formula is C11H11F5N2. The molecule has 18 heavy (non-hydrogen) atoms. The summed E-state index contributed by atoms with van der Waals surface area (Å²) in [5.41, 5.74) is -0.707. The van der Waals surface area contributed by atoms with Gasteiger partial charge in [0.2, 0.25) is 6.43 Å². The van der Waals surface area contributed by atoms with Crippen molar-refractivity contribution in [3.8, 4) is 0 Å². The van der Waals surface area contributed by atoms with Crippen LogP contribution in [0.5, 0.6) is 0 Å². The van der Waals surface area contributed by atoms with Gasteiger partial charge in [0, 0.05) is 30.9 Å². The lowest BCUT2D eigenvalue weighted by molar-refractivity contribution is -0.141. The van der Waals surface area contributed by atoms with Crippen LogP contribution in [0, 0.1) is 5.92 Å². The number of alkyl halides is 5. The monoisotopic (exact) mass is 266 g/mol. The molecule has 1 unspecified atom stereocenters. The first-order valence-corrected chi connectivity index (χ1v) is 5.44. The Hall–Kier alpha value is -1.40. The Labute approximate surface area is 100 Å². The van der Waals surface area contributed by atoms with Gasteiger partial charge in [-0.2, -0.15) is 13.2 Å². The molecule has 100 valence electrons. The van der Waals surface area contributed by atoms with Crippen LogP contribution in [-0.2, 0) is 6.18 Å². The highest BCUT2D eigenvalue weighted by Crippen LogP contribution is 2.32. The third-order valence-electron chi connectivity index (χ3n) is 2.98. The zero-order valence-electron chi connectivity index (χ0n) is 9.29. The number of hydrogen-bond acceptors (Lipinski definition) is 2. The summed E-state index contributed by atoms with van der Waals surface area (Å²) >= 11 is 0. The summed E-state index contributed by atoms with van der Waals surface area (Å²) in [6.07, 6.45) is -5.61. The van der Waals surface area contributed by atoms with Gasteiger partial charge in [0.1, 0.15) is 5.69 Å².